The summed E-state index contributed by atoms with van der Waals surface area (Å²) >= 11 is 0. The molecule has 0 radical (unpaired) electrons. The number of rotatable bonds is 7. The fourth-order valence-electron chi connectivity index (χ4n) is 4.48. The van der Waals surface area contributed by atoms with E-state index in [1.807, 2.05) is 48.5 Å². The first kappa shape index (κ1) is 22.2. The molecule has 0 aromatic heterocycles. The second-order valence-corrected chi connectivity index (χ2v) is 7.70. The highest BCUT2D eigenvalue weighted by Crippen LogP contribution is 2.47. The van der Waals surface area contributed by atoms with Gasteiger partial charge < -0.3 is 19.3 Å². The van der Waals surface area contributed by atoms with Crippen molar-refractivity contribution in [2.45, 2.75) is 18.5 Å². The number of nitrogens with zero attached hydrogens (tertiary/aromatic N) is 1. The van der Waals surface area contributed by atoms with Crippen LogP contribution < -0.4 is 9.47 Å². The molecule has 1 atom stereocenters. The first-order valence-electron chi connectivity index (χ1n) is 10.5. The smallest absolute Gasteiger partial charge is 0.411 e. The molecule has 3 aromatic rings. The lowest BCUT2D eigenvalue weighted by molar-refractivity contribution is -0.143. The summed E-state index contributed by atoms with van der Waals surface area (Å²) in [4.78, 5) is 26.9. The highest BCUT2D eigenvalue weighted by molar-refractivity contribution is 5.85. The minimum Gasteiger partial charge on any atom is -0.493 e. The van der Waals surface area contributed by atoms with Crippen molar-refractivity contribution in [1.82, 2.24) is 4.90 Å². The molecule has 0 bridgehead atoms. The van der Waals surface area contributed by atoms with Crippen molar-refractivity contribution in [3.63, 3.8) is 0 Å². The van der Waals surface area contributed by atoms with Gasteiger partial charge in [-0.3, -0.25) is 4.90 Å². The molecule has 33 heavy (non-hydrogen) atoms. The van der Waals surface area contributed by atoms with Crippen LogP contribution >= 0.6 is 0 Å². The number of methoxy groups -OCH3 is 3. The number of amides is 1. The predicted molar refractivity (Wildman–Crippen MR) is 123 cm³/mol. The third-order valence-corrected chi connectivity index (χ3v) is 5.96. The first-order valence-corrected chi connectivity index (χ1v) is 10.5. The predicted octanol–water partition coefficient (Wildman–Crippen LogP) is 4.54. The lowest BCUT2D eigenvalue weighted by atomic mass is 9.98. The van der Waals surface area contributed by atoms with Crippen LogP contribution in [0.1, 0.15) is 22.7 Å². The molecule has 4 rings (SSSR count). The topological polar surface area (TPSA) is 85.3 Å². The number of carbonyl (C=O) groups is 2. The van der Waals surface area contributed by atoms with Crippen LogP contribution in [0.2, 0.25) is 0 Å². The fourth-order valence-corrected chi connectivity index (χ4v) is 4.48. The summed E-state index contributed by atoms with van der Waals surface area (Å²) in [6.07, 6.45) is -0.648. The van der Waals surface area contributed by atoms with Crippen molar-refractivity contribution < 1.29 is 28.9 Å². The maximum Gasteiger partial charge on any atom is 0.411 e. The van der Waals surface area contributed by atoms with Crippen molar-refractivity contribution in [2.75, 3.05) is 21.3 Å². The molecular weight excluding hydrogens is 422 g/mol. The van der Waals surface area contributed by atoms with Gasteiger partial charge in [-0.15, -0.1) is 0 Å². The summed E-state index contributed by atoms with van der Waals surface area (Å²) in [5, 5.41) is 10.2. The Bertz CT molecular complexity index is 1150. The Morgan fingerprint density at radius 1 is 0.879 bits per heavy atom. The number of hydrogen-bond donors (Lipinski definition) is 1. The summed E-state index contributed by atoms with van der Waals surface area (Å²) in [7, 11) is 4.31. The molecule has 0 saturated heterocycles. The zero-order valence-corrected chi connectivity index (χ0v) is 18.6. The fraction of sp³-hybridized carbons (Fsp3) is 0.231. The lowest BCUT2D eigenvalue weighted by Crippen LogP contribution is -2.48. The van der Waals surface area contributed by atoms with Gasteiger partial charge in [-0.2, -0.15) is 0 Å². The van der Waals surface area contributed by atoms with E-state index in [4.69, 9.17) is 14.2 Å². The summed E-state index contributed by atoms with van der Waals surface area (Å²) in [5.74, 6) is -0.103. The van der Waals surface area contributed by atoms with Crippen LogP contribution in [0.5, 0.6) is 11.5 Å². The molecule has 1 N–H and O–H groups in total. The third kappa shape index (κ3) is 3.98. The Hall–Kier alpha value is -4.00. The Kier molecular flexibility index (Phi) is 6.22. The molecule has 0 aliphatic heterocycles. The van der Waals surface area contributed by atoms with E-state index in [1.54, 1.807) is 18.2 Å². The maximum absolute atomic E-state index is 13.1. The molecule has 1 amide bonds. The van der Waals surface area contributed by atoms with E-state index >= 15 is 0 Å². The Morgan fingerprint density at radius 3 is 1.97 bits per heavy atom. The highest BCUT2D eigenvalue weighted by Gasteiger charge is 2.42. The quantitative estimate of drug-likeness (QED) is 0.573. The van der Waals surface area contributed by atoms with Crippen molar-refractivity contribution in [2.24, 2.45) is 0 Å². The highest BCUT2D eigenvalue weighted by atomic mass is 16.5. The minimum absolute atomic E-state index is 0.0611. The average Bonchev–Trinajstić information content (AvgIpc) is 3.17. The zero-order valence-electron chi connectivity index (χ0n) is 18.6. The molecule has 0 fully saturated rings. The Labute approximate surface area is 192 Å². The number of hydrogen-bond acceptors (Lipinski definition) is 5. The maximum atomic E-state index is 13.1. The Balaban J connectivity index is 1.81. The summed E-state index contributed by atoms with van der Waals surface area (Å²) in [5.41, 5.74) is 4.36. The first-order chi connectivity index (χ1) is 16.0. The molecule has 7 heteroatoms. The number of ether oxygens (including phenoxy) is 3. The Morgan fingerprint density at radius 2 is 1.45 bits per heavy atom. The van der Waals surface area contributed by atoms with Gasteiger partial charge in [0.2, 0.25) is 0 Å². The largest absolute Gasteiger partial charge is 0.493 e. The summed E-state index contributed by atoms with van der Waals surface area (Å²) in [6, 6.07) is 18.9. The van der Waals surface area contributed by atoms with Crippen molar-refractivity contribution in [3.8, 4) is 22.6 Å². The van der Waals surface area contributed by atoms with Gasteiger partial charge >= 0.3 is 12.1 Å². The van der Waals surface area contributed by atoms with E-state index in [0.29, 0.717) is 17.1 Å². The minimum atomic E-state index is -1.18. The standard InChI is InChI=1S/C26H25NO6/c1-31-22-13-12-16(15-23(22)32-2)14-21(25(28)29)27(26(30)33-3)24-19-10-6-4-8-17(19)18-9-5-7-11-20(18)24/h4-13,15,21,24H,14H2,1-3H3,(H,28,29)/t21-/m0/s1. The van der Waals surface area contributed by atoms with E-state index < -0.39 is 24.1 Å². The van der Waals surface area contributed by atoms with E-state index in [9.17, 15) is 14.7 Å². The molecule has 0 unspecified atom stereocenters. The number of fused-ring (bicyclic) bond motifs is 3. The van der Waals surface area contributed by atoms with Crippen molar-refractivity contribution in [3.05, 3.63) is 83.4 Å². The van der Waals surface area contributed by atoms with Crippen LogP contribution in [0, 0.1) is 0 Å². The number of benzene rings is 3. The number of aliphatic carboxylic acids is 1. The van der Waals surface area contributed by atoms with E-state index in [2.05, 4.69) is 0 Å². The van der Waals surface area contributed by atoms with Crippen molar-refractivity contribution in [1.29, 1.82) is 0 Å². The average molecular weight is 447 g/mol. The van der Waals surface area contributed by atoms with Crippen LogP contribution in [0.4, 0.5) is 4.79 Å². The molecule has 0 spiro atoms. The molecule has 7 nitrogen and oxygen atoms in total. The normalized spacial score (nSPS) is 12.9. The van der Waals surface area contributed by atoms with E-state index in [0.717, 1.165) is 22.3 Å². The number of carbonyl (C=O) groups excluding carboxylic acids is 1. The number of carboxylic acids is 1. The molecule has 1 aliphatic rings. The third-order valence-electron chi connectivity index (χ3n) is 5.96. The number of carboxylic acid groups (broad SMARTS) is 1. The molecule has 0 heterocycles. The SMILES string of the molecule is COC(=O)N(C1c2ccccc2-c2ccccc21)[C@@H](Cc1ccc(OC)c(OC)c1)C(=O)O. The molecule has 3 aromatic carbocycles. The second kappa shape index (κ2) is 9.24. The molecular formula is C26H25NO6. The van der Waals surface area contributed by atoms with Gasteiger partial charge in [-0.1, -0.05) is 54.6 Å². The lowest BCUT2D eigenvalue weighted by Gasteiger charge is -2.34. The van der Waals surface area contributed by atoms with Gasteiger partial charge in [0, 0.05) is 6.42 Å². The van der Waals surface area contributed by atoms with Gasteiger partial charge in [-0.05, 0) is 39.9 Å². The van der Waals surface area contributed by atoms with Gasteiger partial charge in [0.15, 0.2) is 11.5 Å². The van der Waals surface area contributed by atoms with E-state index in [-0.39, 0.29) is 6.42 Å². The summed E-state index contributed by atoms with van der Waals surface area (Å²) < 4.78 is 15.7. The zero-order chi connectivity index (χ0) is 23.5. The summed E-state index contributed by atoms with van der Waals surface area (Å²) in [6.45, 7) is 0. The van der Waals surface area contributed by atoms with Crippen LogP contribution in [-0.2, 0) is 16.0 Å². The van der Waals surface area contributed by atoms with Crippen LogP contribution in [0.25, 0.3) is 11.1 Å². The molecule has 1 aliphatic carbocycles. The van der Waals surface area contributed by atoms with Gasteiger partial charge in [0.25, 0.3) is 0 Å². The monoisotopic (exact) mass is 447 g/mol. The van der Waals surface area contributed by atoms with Crippen molar-refractivity contribution >= 4 is 12.1 Å². The van der Waals surface area contributed by atoms with Gasteiger partial charge in [0.05, 0.1) is 27.4 Å². The molecule has 0 saturated carbocycles. The second-order valence-electron chi connectivity index (χ2n) is 7.70. The van der Waals surface area contributed by atoms with Gasteiger partial charge in [0.1, 0.15) is 6.04 Å². The molecule has 170 valence electrons. The van der Waals surface area contributed by atoms with E-state index in [1.165, 1.54) is 26.2 Å². The van der Waals surface area contributed by atoms with Crippen LogP contribution in [0.15, 0.2) is 66.7 Å². The van der Waals surface area contributed by atoms with Gasteiger partial charge in [-0.25, -0.2) is 9.59 Å². The van der Waals surface area contributed by atoms with Crippen LogP contribution in [0.3, 0.4) is 0 Å². The van der Waals surface area contributed by atoms with Crippen LogP contribution in [-0.4, -0.2) is 49.4 Å².